The Balaban J connectivity index is 2.18. The summed E-state index contributed by atoms with van der Waals surface area (Å²) in [5.41, 5.74) is 1.43. The number of nitrogens with zero attached hydrogens (tertiary/aromatic N) is 1. The van der Waals surface area contributed by atoms with Crippen LogP contribution in [0.3, 0.4) is 0 Å². The first kappa shape index (κ1) is 12.9. The first-order valence-electron chi connectivity index (χ1n) is 6.15. The van der Waals surface area contributed by atoms with E-state index in [1.807, 2.05) is 6.07 Å². The van der Waals surface area contributed by atoms with Crippen molar-refractivity contribution in [1.29, 1.82) is 0 Å². The lowest BCUT2D eigenvalue weighted by Gasteiger charge is -2.45. The molecule has 1 fully saturated rings. The van der Waals surface area contributed by atoms with Gasteiger partial charge in [0, 0.05) is 24.2 Å². The molecule has 1 heterocycles. The quantitative estimate of drug-likeness (QED) is 0.905. The Morgan fingerprint density at radius 3 is 2.71 bits per heavy atom. The molecular formula is C14H20BrNO. The van der Waals surface area contributed by atoms with Crippen LogP contribution in [0.2, 0.25) is 0 Å². The van der Waals surface area contributed by atoms with Gasteiger partial charge in [-0.25, -0.2) is 0 Å². The van der Waals surface area contributed by atoms with Crippen LogP contribution in [-0.2, 0) is 0 Å². The van der Waals surface area contributed by atoms with E-state index in [1.54, 1.807) is 0 Å². The van der Waals surface area contributed by atoms with Gasteiger partial charge in [-0.05, 0) is 45.8 Å². The van der Waals surface area contributed by atoms with Crippen molar-refractivity contribution in [3.8, 4) is 0 Å². The van der Waals surface area contributed by atoms with Crippen LogP contribution in [0.25, 0.3) is 0 Å². The minimum absolute atomic E-state index is 0.169. The molecule has 0 amide bonds. The summed E-state index contributed by atoms with van der Waals surface area (Å²) < 4.78 is 1.15. The standard InChI is InChI=1S/C14H20BrNO/c1-14(2)10-16(8-7-11(14)9-17)13-6-4-3-5-12(13)15/h3-6,11,17H,7-10H2,1-2H3. The number of piperidine rings is 1. The van der Waals surface area contributed by atoms with Gasteiger partial charge in [-0.1, -0.05) is 26.0 Å². The smallest absolute Gasteiger partial charge is 0.0510 e. The summed E-state index contributed by atoms with van der Waals surface area (Å²) in [6, 6.07) is 8.35. The van der Waals surface area contributed by atoms with E-state index in [1.165, 1.54) is 5.69 Å². The lowest BCUT2D eigenvalue weighted by atomic mass is 9.74. The van der Waals surface area contributed by atoms with Crippen LogP contribution in [0, 0.1) is 11.3 Å². The molecule has 1 aromatic rings. The van der Waals surface area contributed by atoms with Gasteiger partial charge in [-0.15, -0.1) is 0 Å². The highest BCUT2D eigenvalue weighted by Gasteiger charge is 2.35. The zero-order valence-electron chi connectivity index (χ0n) is 10.5. The van der Waals surface area contributed by atoms with E-state index in [0.717, 1.165) is 24.0 Å². The average molecular weight is 298 g/mol. The van der Waals surface area contributed by atoms with Gasteiger partial charge in [-0.3, -0.25) is 0 Å². The third-order valence-corrected chi connectivity index (χ3v) is 4.54. The summed E-state index contributed by atoms with van der Waals surface area (Å²) in [4.78, 5) is 2.41. The molecule has 3 heteroatoms. The zero-order chi connectivity index (χ0) is 12.5. The van der Waals surface area contributed by atoms with Crippen molar-refractivity contribution in [3.63, 3.8) is 0 Å². The third kappa shape index (κ3) is 2.66. The van der Waals surface area contributed by atoms with Crippen LogP contribution in [0.5, 0.6) is 0 Å². The number of aliphatic hydroxyl groups is 1. The predicted octanol–water partition coefficient (Wildman–Crippen LogP) is 3.29. The molecule has 1 N–H and O–H groups in total. The van der Waals surface area contributed by atoms with Crippen molar-refractivity contribution < 1.29 is 5.11 Å². The van der Waals surface area contributed by atoms with Crippen molar-refractivity contribution >= 4 is 21.6 Å². The normalized spacial score (nSPS) is 23.8. The summed E-state index contributed by atoms with van der Waals surface area (Å²) in [5.74, 6) is 0.418. The molecule has 1 atom stereocenters. The predicted molar refractivity (Wildman–Crippen MR) is 75.3 cm³/mol. The lowest BCUT2D eigenvalue weighted by Crippen LogP contribution is -2.47. The molecule has 1 unspecified atom stereocenters. The SMILES string of the molecule is CC1(C)CN(c2ccccc2Br)CCC1CO. The highest BCUT2D eigenvalue weighted by Crippen LogP contribution is 2.38. The highest BCUT2D eigenvalue weighted by molar-refractivity contribution is 9.10. The molecule has 1 aromatic carbocycles. The molecule has 17 heavy (non-hydrogen) atoms. The molecule has 0 bridgehead atoms. The number of rotatable bonds is 2. The average Bonchev–Trinajstić information content (AvgIpc) is 2.28. The third-order valence-electron chi connectivity index (χ3n) is 3.86. The fourth-order valence-corrected chi connectivity index (χ4v) is 3.19. The number of hydrogen-bond acceptors (Lipinski definition) is 2. The Morgan fingerprint density at radius 1 is 1.41 bits per heavy atom. The molecule has 0 radical (unpaired) electrons. The summed E-state index contributed by atoms with van der Waals surface area (Å²) in [7, 11) is 0. The van der Waals surface area contributed by atoms with Crippen LogP contribution in [0.1, 0.15) is 20.3 Å². The van der Waals surface area contributed by atoms with Crippen LogP contribution >= 0.6 is 15.9 Å². The fourth-order valence-electron chi connectivity index (χ4n) is 2.65. The topological polar surface area (TPSA) is 23.5 Å². The number of para-hydroxylation sites is 1. The summed E-state index contributed by atoms with van der Waals surface area (Å²) in [6.07, 6.45) is 1.06. The summed E-state index contributed by atoms with van der Waals surface area (Å²) in [5, 5.41) is 9.41. The Hall–Kier alpha value is -0.540. The Morgan fingerprint density at radius 2 is 2.12 bits per heavy atom. The summed E-state index contributed by atoms with van der Waals surface area (Å²) in [6.45, 7) is 6.82. The van der Waals surface area contributed by atoms with Crippen molar-refractivity contribution in [3.05, 3.63) is 28.7 Å². The first-order valence-corrected chi connectivity index (χ1v) is 6.94. The van der Waals surface area contributed by atoms with E-state index < -0.39 is 0 Å². The second kappa shape index (κ2) is 4.99. The van der Waals surface area contributed by atoms with Crippen molar-refractivity contribution in [1.82, 2.24) is 0 Å². The first-order chi connectivity index (χ1) is 8.04. The Kier molecular flexibility index (Phi) is 3.79. The zero-order valence-corrected chi connectivity index (χ0v) is 12.1. The Bertz CT molecular complexity index is 392. The van der Waals surface area contributed by atoms with Gasteiger partial charge in [0.25, 0.3) is 0 Å². The van der Waals surface area contributed by atoms with E-state index in [9.17, 15) is 5.11 Å². The molecule has 2 nitrogen and oxygen atoms in total. The lowest BCUT2D eigenvalue weighted by molar-refractivity contribution is 0.0972. The second-order valence-corrected chi connectivity index (χ2v) is 6.38. The maximum absolute atomic E-state index is 9.41. The molecule has 1 aliphatic heterocycles. The number of benzene rings is 1. The number of aliphatic hydroxyl groups excluding tert-OH is 1. The minimum atomic E-state index is 0.169. The minimum Gasteiger partial charge on any atom is -0.396 e. The maximum atomic E-state index is 9.41. The largest absolute Gasteiger partial charge is 0.396 e. The van der Waals surface area contributed by atoms with E-state index in [2.05, 4.69) is 52.9 Å². The van der Waals surface area contributed by atoms with E-state index in [4.69, 9.17) is 0 Å². The molecule has 1 aliphatic rings. The fraction of sp³-hybridized carbons (Fsp3) is 0.571. The molecule has 0 spiro atoms. The van der Waals surface area contributed by atoms with Gasteiger partial charge in [0.2, 0.25) is 0 Å². The monoisotopic (exact) mass is 297 g/mol. The van der Waals surface area contributed by atoms with E-state index in [-0.39, 0.29) is 5.41 Å². The molecule has 0 aromatic heterocycles. The number of hydrogen-bond donors (Lipinski definition) is 1. The van der Waals surface area contributed by atoms with Crippen LogP contribution < -0.4 is 4.90 Å². The molecule has 94 valence electrons. The van der Waals surface area contributed by atoms with Gasteiger partial charge in [-0.2, -0.15) is 0 Å². The van der Waals surface area contributed by atoms with Gasteiger partial charge in [0.05, 0.1) is 5.69 Å². The maximum Gasteiger partial charge on any atom is 0.0510 e. The van der Waals surface area contributed by atoms with Crippen LogP contribution in [-0.4, -0.2) is 24.8 Å². The van der Waals surface area contributed by atoms with Gasteiger partial charge >= 0.3 is 0 Å². The van der Waals surface area contributed by atoms with Crippen molar-refractivity contribution in [2.45, 2.75) is 20.3 Å². The van der Waals surface area contributed by atoms with E-state index >= 15 is 0 Å². The highest BCUT2D eigenvalue weighted by atomic mass is 79.9. The molecular weight excluding hydrogens is 278 g/mol. The van der Waals surface area contributed by atoms with E-state index in [0.29, 0.717) is 12.5 Å². The molecule has 0 aliphatic carbocycles. The number of halogens is 1. The molecule has 0 saturated carbocycles. The summed E-state index contributed by atoms with van der Waals surface area (Å²) >= 11 is 3.61. The van der Waals surface area contributed by atoms with Crippen molar-refractivity contribution in [2.75, 3.05) is 24.6 Å². The van der Waals surface area contributed by atoms with Gasteiger partial charge in [0.15, 0.2) is 0 Å². The van der Waals surface area contributed by atoms with Crippen LogP contribution in [0.15, 0.2) is 28.7 Å². The van der Waals surface area contributed by atoms with Crippen LogP contribution in [0.4, 0.5) is 5.69 Å². The van der Waals surface area contributed by atoms with Gasteiger partial charge in [0.1, 0.15) is 0 Å². The van der Waals surface area contributed by atoms with Crippen molar-refractivity contribution in [2.24, 2.45) is 11.3 Å². The number of anilines is 1. The van der Waals surface area contributed by atoms with Gasteiger partial charge < -0.3 is 10.0 Å². The molecule has 1 saturated heterocycles. The molecule has 2 rings (SSSR count). The second-order valence-electron chi connectivity index (χ2n) is 5.53. The Labute approximate surface area is 112 Å².